The minimum atomic E-state index is -2.55. The third-order valence-corrected chi connectivity index (χ3v) is 7.99. The SMILES string of the molecule is Cc1ccc(-c2ccc(O)c3c2C[C@H]2C[C@H]4CC(=O)C(C(N)=O)=C(O)[C@@]4(O)C(=O)C2=C3O)s1. The average Bonchev–Trinajstić information content (AvgIpc) is 3.16. The number of aliphatic hydroxyl groups is 3. The number of fused-ring (bicyclic) bond motifs is 3. The van der Waals surface area contributed by atoms with Gasteiger partial charge in [0.1, 0.15) is 22.8 Å². The highest BCUT2D eigenvalue weighted by molar-refractivity contribution is 7.15. The summed E-state index contributed by atoms with van der Waals surface area (Å²) in [4.78, 5) is 39.6. The molecule has 3 aliphatic rings. The number of aryl methyl sites for hydroxylation is 1. The minimum Gasteiger partial charge on any atom is -0.508 e. The second-order valence-corrected chi connectivity index (χ2v) is 10.1. The molecule has 0 radical (unpaired) electrons. The Bertz CT molecular complexity index is 1330. The fourth-order valence-electron chi connectivity index (χ4n) is 5.43. The maximum atomic E-state index is 13.5. The van der Waals surface area contributed by atoms with Crippen LogP contribution < -0.4 is 5.73 Å². The molecule has 0 spiro atoms. The van der Waals surface area contributed by atoms with E-state index in [4.69, 9.17) is 5.73 Å². The maximum Gasteiger partial charge on any atom is 0.255 e. The summed E-state index contributed by atoms with van der Waals surface area (Å²) in [6, 6.07) is 7.11. The molecule has 6 N–H and O–H groups in total. The fraction of sp³-hybridized carbons (Fsp3) is 0.292. The van der Waals surface area contributed by atoms with E-state index in [9.17, 15) is 34.8 Å². The lowest BCUT2D eigenvalue weighted by Crippen LogP contribution is -2.58. The van der Waals surface area contributed by atoms with Gasteiger partial charge < -0.3 is 26.2 Å². The highest BCUT2D eigenvalue weighted by atomic mass is 32.1. The first kappa shape index (κ1) is 21.4. The van der Waals surface area contributed by atoms with Gasteiger partial charge in [0.15, 0.2) is 11.4 Å². The van der Waals surface area contributed by atoms with Crippen LogP contribution in [0.4, 0.5) is 0 Å². The van der Waals surface area contributed by atoms with Crippen LogP contribution in [-0.4, -0.2) is 43.5 Å². The third kappa shape index (κ3) is 2.82. The van der Waals surface area contributed by atoms with Gasteiger partial charge >= 0.3 is 0 Å². The average molecular weight is 467 g/mol. The molecule has 1 fully saturated rings. The monoisotopic (exact) mass is 467 g/mol. The van der Waals surface area contributed by atoms with E-state index in [0.717, 1.165) is 15.3 Å². The first-order chi connectivity index (χ1) is 15.6. The standard InChI is InChI=1S/C24H21NO7S/c1-9-2-5-16(33-9)12-3-4-14(26)18-13(12)7-10-6-11-8-15(27)19(23(25)31)22(30)24(11,32)21(29)17(10)20(18)28/h2-5,10-11,26,28,30,32H,6-8H2,1H3,(H2,25,31)/t10-,11+,24+/m1/s1. The quantitative estimate of drug-likeness (QED) is 0.424. The first-order valence-corrected chi connectivity index (χ1v) is 11.3. The Kier molecular flexibility index (Phi) is 4.56. The number of ketones is 2. The molecule has 1 saturated carbocycles. The van der Waals surface area contributed by atoms with E-state index >= 15 is 0 Å². The van der Waals surface area contributed by atoms with Gasteiger partial charge in [-0.05, 0) is 61.1 Å². The van der Waals surface area contributed by atoms with Gasteiger partial charge in [-0.15, -0.1) is 11.3 Å². The molecule has 3 aliphatic carbocycles. The van der Waals surface area contributed by atoms with Crippen molar-refractivity contribution >= 4 is 34.6 Å². The molecule has 8 nitrogen and oxygen atoms in total. The van der Waals surface area contributed by atoms with Crippen LogP contribution in [0.2, 0.25) is 0 Å². The zero-order valence-corrected chi connectivity index (χ0v) is 18.4. The number of Topliss-reactive ketones (excluding diaryl/α,β-unsaturated/α-hetero) is 2. The van der Waals surface area contributed by atoms with E-state index in [1.54, 1.807) is 17.4 Å². The summed E-state index contributed by atoms with van der Waals surface area (Å²) in [6.45, 7) is 1.97. The van der Waals surface area contributed by atoms with Crippen molar-refractivity contribution in [2.24, 2.45) is 17.6 Å². The predicted molar refractivity (Wildman–Crippen MR) is 119 cm³/mol. The summed E-state index contributed by atoms with van der Waals surface area (Å²) < 4.78 is 0. The smallest absolute Gasteiger partial charge is 0.255 e. The van der Waals surface area contributed by atoms with Crippen LogP contribution in [0, 0.1) is 18.8 Å². The molecule has 0 saturated heterocycles. The number of carbonyl (C=O) groups excluding carboxylic acids is 3. The molecule has 3 atom stereocenters. The number of hydrogen-bond acceptors (Lipinski definition) is 8. The number of amides is 1. The number of benzene rings is 1. The van der Waals surface area contributed by atoms with Gasteiger partial charge in [0.05, 0.1) is 5.56 Å². The number of phenolic OH excluding ortho intramolecular Hbond substituents is 1. The molecule has 33 heavy (non-hydrogen) atoms. The topological polar surface area (TPSA) is 158 Å². The summed E-state index contributed by atoms with van der Waals surface area (Å²) >= 11 is 1.56. The molecule has 1 aromatic heterocycles. The normalized spacial score (nSPS) is 26.7. The number of aliphatic hydroxyl groups excluding tert-OH is 2. The zero-order chi connectivity index (χ0) is 23.8. The number of aromatic hydroxyl groups is 1. The Morgan fingerprint density at radius 2 is 1.85 bits per heavy atom. The molecule has 1 aromatic carbocycles. The van der Waals surface area contributed by atoms with Crippen LogP contribution in [0.5, 0.6) is 5.75 Å². The Morgan fingerprint density at radius 1 is 1.12 bits per heavy atom. The number of hydrogen-bond donors (Lipinski definition) is 5. The molecule has 5 rings (SSSR count). The number of carbonyl (C=O) groups is 3. The molecular weight excluding hydrogens is 446 g/mol. The van der Waals surface area contributed by atoms with Gasteiger partial charge in [0, 0.05) is 27.7 Å². The lowest BCUT2D eigenvalue weighted by Gasteiger charge is -2.46. The number of nitrogens with two attached hydrogens (primary N) is 1. The van der Waals surface area contributed by atoms with E-state index in [1.807, 2.05) is 19.1 Å². The molecular formula is C24H21NO7S. The molecule has 0 unspecified atom stereocenters. The summed E-state index contributed by atoms with van der Waals surface area (Å²) in [5.74, 6) is -6.26. The number of thiophene rings is 1. The van der Waals surface area contributed by atoms with Gasteiger partial charge in [-0.2, -0.15) is 0 Å². The lowest BCUT2D eigenvalue weighted by molar-refractivity contribution is -0.147. The summed E-state index contributed by atoms with van der Waals surface area (Å²) in [5.41, 5.74) is 3.30. The first-order valence-electron chi connectivity index (χ1n) is 10.4. The third-order valence-electron chi connectivity index (χ3n) is 6.95. The fourth-order valence-corrected chi connectivity index (χ4v) is 6.35. The van der Waals surface area contributed by atoms with Crippen molar-refractivity contribution in [3.8, 4) is 16.2 Å². The van der Waals surface area contributed by atoms with Crippen molar-refractivity contribution in [2.75, 3.05) is 0 Å². The molecule has 9 heteroatoms. The van der Waals surface area contributed by atoms with Crippen molar-refractivity contribution in [1.29, 1.82) is 0 Å². The number of phenols is 1. The summed E-state index contributed by atoms with van der Waals surface area (Å²) in [5, 5.41) is 43.5. The molecule has 1 heterocycles. The van der Waals surface area contributed by atoms with Crippen LogP contribution in [0.25, 0.3) is 16.2 Å². The Labute approximate surface area is 192 Å². The maximum absolute atomic E-state index is 13.5. The van der Waals surface area contributed by atoms with E-state index < -0.39 is 52.0 Å². The summed E-state index contributed by atoms with van der Waals surface area (Å²) in [7, 11) is 0. The second-order valence-electron chi connectivity index (χ2n) is 8.80. The molecule has 170 valence electrons. The Balaban J connectivity index is 1.71. The van der Waals surface area contributed by atoms with Crippen molar-refractivity contribution in [1.82, 2.24) is 0 Å². The van der Waals surface area contributed by atoms with E-state index in [2.05, 4.69) is 0 Å². The van der Waals surface area contributed by atoms with Crippen molar-refractivity contribution in [3.05, 3.63) is 57.2 Å². The van der Waals surface area contributed by atoms with Gasteiger partial charge in [-0.3, -0.25) is 14.4 Å². The molecule has 1 amide bonds. The van der Waals surface area contributed by atoms with Gasteiger partial charge in [0.25, 0.3) is 5.91 Å². The molecule has 0 aliphatic heterocycles. The van der Waals surface area contributed by atoms with Crippen LogP contribution in [0.15, 0.2) is 41.2 Å². The van der Waals surface area contributed by atoms with E-state index in [0.29, 0.717) is 5.56 Å². The highest BCUT2D eigenvalue weighted by Gasteiger charge is 2.60. The van der Waals surface area contributed by atoms with Crippen LogP contribution in [-0.2, 0) is 20.8 Å². The largest absolute Gasteiger partial charge is 0.508 e. The Hall–Kier alpha value is -3.43. The van der Waals surface area contributed by atoms with Gasteiger partial charge in [0.2, 0.25) is 5.78 Å². The Morgan fingerprint density at radius 3 is 2.48 bits per heavy atom. The summed E-state index contributed by atoms with van der Waals surface area (Å²) in [6.07, 6.45) is 0.0650. The van der Waals surface area contributed by atoms with Crippen molar-refractivity contribution in [2.45, 2.75) is 31.8 Å². The number of rotatable bonds is 2. The second kappa shape index (κ2) is 7.03. The zero-order valence-electron chi connectivity index (χ0n) is 17.6. The van der Waals surface area contributed by atoms with Crippen molar-refractivity contribution in [3.63, 3.8) is 0 Å². The predicted octanol–water partition coefficient (Wildman–Crippen LogP) is 2.46. The molecule has 0 bridgehead atoms. The van der Waals surface area contributed by atoms with E-state index in [-0.39, 0.29) is 36.1 Å². The minimum absolute atomic E-state index is 0.102. The van der Waals surface area contributed by atoms with Gasteiger partial charge in [-0.25, -0.2) is 0 Å². The van der Waals surface area contributed by atoms with E-state index in [1.165, 1.54) is 6.07 Å². The highest BCUT2D eigenvalue weighted by Crippen LogP contribution is 2.53. The number of primary amides is 1. The molecule has 2 aromatic rings. The lowest BCUT2D eigenvalue weighted by atomic mass is 9.59. The van der Waals surface area contributed by atoms with Crippen molar-refractivity contribution < 1.29 is 34.8 Å². The van der Waals surface area contributed by atoms with Gasteiger partial charge in [-0.1, -0.05) is 0 Å². The van der Waals surface area contributed by atoms with Crippen LogP contribution in [0.1, 0.15) is 28.8 Å². The van der Waals surface area contributed by atoms with Crippen LogP contribution >= 0.6 is 11.3 Å². The van der Waals surface area contributed by atoms with Crippen LogP contribution in [0.3, 0.4) is 0 Å².